The first kappa shape index (κ1) is 25.3. The zero-order chi connectivity index (χ0) is 20.6. The Bertz CT molecular complexity index is 780. The third-order valence-electron chi connectivity index (χ3n) is 3.52. The molecule has 0 bridgehead atoms. The van der Waals surface area contributed by atoms with E-state index in [-0.39, 0.29) is 29.9 Å². The molecule has 3 N–H and O–H groups in total. The number of aliphatic imine (C=N–C) groups is 1. The van der Waals surface area contributed by atoms with E-state index in [1.54, 1.807) is 11.3 Å². The Hall–Kier alpha value is -1.70. The molecule has 0 radical (unpaired) electrons. The van der Waals surface area contributed by atoms with Crippen LogP contribution in [-0.2, 0) is 12.7 Å². The monoisotopic (exact) mass is 543 g/mol. The minimum Gasteiger partial charge on any atom is -0.357 e. The molecule has 162 valence electrons. The molecule has 2 heterocycles. The summed E-state index contributed by atoms with van der Waals surface area (Å²) in [6.07, 6.45) is -3.41. The van der Waals surface area contributed by atoms with Crippen LogP contribution >= 0.6 is 35.3 Å². The first-order chi connectivity index (χ1) is 13.3. The number of guanidine groups is 1. The molecule has 2 aromatic rings. The van der Waals surface area contributed by atoms with Crippen molar-refractivity contribution in [3.05, 3.63) is 34.0 Å². The second-order valence-corrected chi connectivity index (χ2v) is 7.08. The zero-order valence-electron chi connectivity index (χ0n) is 16.4. The number of nitrogens with zero attached hydrogens (tertiary/aromatic N) is 4. The molecule has 0 aliphatic rings. The molecule has 0 aliphatic carbocycles. The van der Waals surface area contributed by atoms with Crippen molar-refractivity contribution in [1.82, 2.24) is 25.6 Å². The molecule has 2 aromatic heterocycles. The van der Waals surface area contributed by atoms with Crippen molar-refractivity contribution in [3.63, 3.8) is 0 Å². The van der Waals surface area contributed by atoms with Crippen molar-refractivity contribution in [2.45, 2.75) is 39.4 Å². The van der Waals surface area contributed by atoms with Crippen molar-refractivity contribution in [2.75, 3.05) is 25.0 Å². The van der Waals surface area contributed by atoms with Crippen LogP contribution in [-0.4, -0.2) is 40.5 Å². The topological polar surface area (TPSA) is 87.1 Å². The molecule has 0 atom stereocenters. The van der Waals surface area contributed by atoms with E-state index in [4.69, 9.17) is 0 Å². The Morgan fingerprint density at radius 2 is 1.97 bits per heavy atom. The van der Waals surface area contributed by atoms with Crippen molar-refractivity contribution >= 4 is 47.2 Å². The second kappa shape index (κ2) is 12.1. The molecule has 0 amide bonds. The summed E-state index contributed by atoms with van der Waals surface area (Å²) in [5, 5.41) is 12.0. The van der Waals surface area contributed by atoms with Gasteiger partial charge in [0.2, 0.25) is 5.95 Å². The molecule has 0 fully saturated rings. The number of halogens is 4. The van der Waals surface area contributed by atoms with Gasteiger partial charge >= 0.3 is 6.18 Å². The summed E-state index contributed by atoms with van der Waals surface area (Å²) in [7, 11) is 0. The number of hydrogen-bond acceptors (Lipinski definition) is 6. The molecule has 0 saturated carbocycles. The SMILES string of the molecule is CCNC(=NCc1nc(C(C)C)cs1)NCCNc1nccc(C(F)(F)F)n1.I. The number of rotatable bonds is 8. The highest BCUT2D eigenvalue weighted by Crippen LogP contribution is 2.27. The van der Waals surface area contributed by atoms with Crippen molar-refractivity contribution < 1.29 is 13.2 Å². The van der Waals surface area contributed by atoms with E-state index in [2.05, 4.69) is 49.7 Å². The smallest absolute Gasteiger partial charge is 0.357 e. The van der Waals surface area contributed by atoms with Gasteiger partial charge < -0.3 is 16.0 Å². The fourth-order valence-electron chi connectivity index (χ4n) is 2.11. The maximum Gasteiger partial charge on any atom is 0.433 e. The molecule has 29 heavy (non-hydrogen) atoms. The minimum atomic E-state index is -4.49. The van der Waals surface area contributed by atoms with Crippen LogP contribution < -0.4 is 16.0 Å². The maximum atomic E-state index is 12.7. The Morgan fingerprint density at radius 3 is 2.59 bits per heavy atom. The lowest BCUT2D eigenvalue weighted by Crippen LogP contribution is -2.39. The van der Waals surface area contributed by atoms with E-state index >= 15 is 0 Å². The molecule has 2 rings (SSSR count). The van der Waals surface area contributed by atoms with E-state index in [1.165, 1.54) is 0 Å². The summed E-state index contributed by atoms with van der Waals surface area (Å²) < 4.78 is 38.0. The molecule has 0 aliphatic heterocycles. The highest BCUT2D eigenvalue weighted by molar-refractivity contribution is 14.0. The molecule has 0 aromatic carbocycles. The van der Waals surface area contributed by atoms with Crippen LogP contribution in [0.15, 0.2) is 22.6 Å². The zero-order valence-corrected chi connectivity index (χ0v) is 19.5. The average molecular weight is 543 g/mol. The van der Waals surface area contributed by atoms with Crippen LogP contribution in [0.2, 0.25) is 0 Å². The first-order valence-corrected chi connectivity index (χ1v) is 9.78. The standard InChI is InChI=1S/C17H24F3N7S.HI/c1-4-21-15(25-9-14-26-12(10-28-14)11(2)3)23-7-8-24-16-22-6-5-13(27-16)17(18,19)20;/h5-6,10-11H,4,7-9H2,1-3H3,(H2,21,23,25)(H,22,24,27);1H. The third kappa shape index (κ3) is 8.68. The van der Waals surface area contributed by atoms with Crippen molar-refractivity contribution in [2.24, 2.45) is 4.99 Å². The average Bonchev–Trinajstić information content (AvgIpc) is 3.12. The highest BCUT2D eigenvalue weighted by Gasteiger charge is 2.32. The van der Waals surface area contributed by atoms with Crippen LogP contribution in [0.25, 0.3) is 0 Å². The Morgan fingerprint density at radius 1 is 1.21 bits per heavy atom. The van der Waals surface area contributed by atoms with Gasteiger partial charge in [-0.25, -0.2) is 19.9 Å². The number of thiazole rings is 1. The van der Waals surface area contributed by atoms with Gasteiger partial charge in [-0.05, 0) is 18.9 Å². The van der Waals surface area contributed by atoms with Crippen molar-refractivity contribution in [3.8, 4) is 0 Å². The summed E-state index contributed by atoms with van der Waals surface area (Å²) in [5.41, 5.74) is 0.0792. The normalized spacial score (nSPS) is 11.9. The molecule has 0 unspecified atom stereocenters. The molecule has 0 saturated heterocycles. The highest BCUT2D eigenvalue weighted by atomic mass is 127. The Labute approximate surface area is 189 Å². The first-order valence-electron chi connectivity index (χ1n) is 8.90. The number of anilines is 1. The quantitative estimate of drug-likeness (QED) is 0.203. The van der Waals surface area contributed by atoms with Gasteiger partial charge in [-0.3, -0.25) is 0 Å². The summed E-state index contributed by atoms with van der Waals surface area (Å²) in [5.74, 6) is 0.919. The maximum absolute atomic E-state index is 12.7. The lowest BCUT2D eigenvalue weighted by molar-refractivity contribution is -0.141. The summed E-state index contributed by atoms with van der Waals surface area (Å²) >= 11 is 1.57. The van der Waals surface area contributed by atoms with Crippen LogP contribution in [0.1, 0.15) is 43.1 Å². The number of nitrogens with one attached hydrogen (secondary N) is 3. The van der Waals surface area contributed by atoms with Gasteiger partial charge in [0.1, 0.15) is 10.7 Å². The molecular weight excluding hydrogens is 518 g/mol. The summed E-state index contributed by atoms with van der Waals surface area (Å²) in [6.45, 7) is 8.04. The van der Waals surface area contributed by atoms with Crippen LogP contribution in [0.4, 0.5) is 19.1 Å². The van der Waals surface area contributed by atoms with Crippen LogP contribution in [0, 0.1) is 0 Å². The van der Waals surface area contributed by atoms with Gasteiger partial charge in [-0.1, -0.05) is 13.8 Å². The number of hydrogen-bond donors (Lipinski definition) is 3. The number of aromatic nitrogens is 3. The van der Waals surface area contributed by atoms with E-state index in [1.807, 2.05) is 12.3 Å². The summed E-state index contributed by atoms with van der Waals surface area (Å²) in [6, 6.07) is 0.836. The Balaban J connectivity index is 0.00000420. The second-order valence-electron chi connectivity index (χ2n) is 6.13. The Kier molecular flexibility index (Phi) is 10.6. The molecule has 12 heteroatoms. The predicted octanol–water partition coefficient (Wildman–Crippen LogP) is 3.86. The lowest BCUT2D eigenvalue weighted by Gasteiger charge is -2.12. The van der Waals surface area contributed by atoms with Crippen molar-refractivity contribution in [1.29, 1.82) is 0 Å². The van der Waals surface area contributed by atoms with E-state index in [0.29, 0.717) is 38.1 Å². The molecular formula is C17H25F3IN7S. The van der Waals surface area contributed by atoms with Crippen LogP contribution in [0.5, 0.6) is 0 Å². The van der Waals surface area contributed by atoms with E-state index < -0.39 is 11.9 Å². The van der Waals surface area contributed by atoms with Gasteiger partial charge in [0.25, 0.3) is 0 Å². The van der Waals surface area contributed by atoms with Gasteiger partial charge in [0, 0.05) is 31.2 Å². The van der Waals surface area contributed by atoms with E-state index in [0.717, 1.165) is 23.0 Å². The van der Waals surface area contributed by atoms with Gasteiger partial charge in [-0.15, -0.1) is 35.3 Å². The largest absolute Gasteiger partial charge is 0.433 e. The fraction of sp³-hybridized carbons (Fsp3) is 0.529. The third-order valence-corrected chi connectivity index (χ3v) is 4.38. The van der Waals surface area contributed by atoms with Gasteiger partial charge in [-0.2, -0.15) is 13.2 Å². The lowest BCUT2D eigenvalue weighted by atomic mass is 10.2. The minimum absolute atomic E-state index is 0. The van der Waals surface area contributed by atoms with Gasteiger partial charge in [0.15, 0.2) is 5.96 Å². The summed E-state index contributed by atoms with van der Waals surface area (Å²) in [4.78, 5) is 16.3. The number of alkyl halides is 3. The molecule has 7 nitrogen and oxygen atoms in total. The fourth-order valence-corrected chi connectivity index (χ4v) is 2.99. The van der Waals surface area contributed by atoms with Gasteiger partial charge in [0.05, 0.1) is 12.2 Å². The molecule has 0 spiro atoms. The predicted molar refractivity (Wildman–Crippen MR) is 120 cm³/mol. The van der Waals surface area contributed by atoms with E-state index in [9.17, 15) is 13.2 Å². The van der Waals surface area contributed by atoms with Crippen LogP contribution in [0.3, 0.4) is 0 Å².